The van der Waals surface area contributed by atoms with E-state index in [1.807, 2.05) is 72.8 Å². The SMILES string of the molecule is C=CCC1(c2ccccc2)CN(C(=O)Nc2ccc(Br)cc2)N=C1c1ccc(Cl)cc1. The van der Waals surface area contributed by atoms with Crippen LogP contribution in [-0.2, 0) is 5.41 Å². The van der Waals surface area contributed by atoms with Crippen LogP contribution in [0.2, 0.25) is 5.02 Å². The van der Waals surface area contributed by atoms with Crippen molar-refractivity contribution < 1.29 is 4.79 Å². The van der Waals surface area contributed by atoms with E-state index in [4.69, 9.17) is 16.7 Å². The van der Waals surface area contributed by atoms with E-state index in [2.05, 4.69) is 40.0 Å². The number of hydrogen-bond donors (Lipinski definition) is 1. The van der Waals surface area contributed by atoms with Crippen molar-refractivity contribution in [2.75, 3.05) is 11.9 Å². The van der Waals surface area contributed by atoms with Gasteiger partial charge in [-0.2, -0.15) is 5.10 Å². The van der Waals surface area contributed by atoms with Crippen LogP contribution < -0.4 is 5.32 Å². The number of hydrazone groups is 1. The van der Waals surface area contributed by atoms with Gasteiger partial charge in [-0.1, -0.05) is 76.1 Å². The molecule has 0 fully saturated rings. The van der Waals surface area contributed by atoms with Crippen molar-refractivity contribution in [3.63, 3.8) is 0 Å². The van der Waals surface area contributed by atoms with Gasteiger partial charge in [0.25, 0.3) is 0 Å². The quantitative estimate of drug-likeness (QED) is 0.387. The molecule has 156 valence electrons. The van der Waals surface area contributed by atoms with Gasteiger partial charge in [-0.05, 0) is 53.9 Å². The van der Waals surface area contributed by atoms with Gasteiger partial charge in [0.1, 0.15) is 0 Å². The number of halogens is 2. The maximum Gasteiger partial charge on any atom is 0.342 e. The van der Waals surface area contributed by atoms with Crippen LogP contribution in [0.1, 0.15) is 17.5 Å². The Labute approximate surface area is 195 Å². The fourth-order valence-electron chi connectivity index (χ4n) is 3.87. The van der Waals surface area contributed by atoms with Crippen molar-refractivity contribution in [2.45, 2.75) is 11.8 Å². The highest BCUT2D eigenvalue weighted by molar-refractivity contribution is 9.10. The van der Waals surface area contributed by atoms with Gasteiger partial charge in [-0.25, -0.2) is 9.80 Å². The van der Waals surface area contributed by atoms with E-state index < -0.39 is 5.41 Å². The molecule has 1 aliphatic rings. The lowest BCUT2D eigenvalue weighted by atomic mass is 9.72. The molecule has 4 nitrogen and oxygen atoms in total. The first-order chi connectivity index (χ1) is 15.0. The summed E-state index contributed by atoms with van der Waals surface area (Å²) in [6.07, 6.45) is 2.52. The molecule has 0 aromatic heterocycles. The van der Waals surface area contributed by atoms with Crippen LogP contribution in [0.4, 0.5) is 10.5 Å². The fraction of sp³-hybridized carbons (Fsp3) is 0.120. The normalized spacial score (nSPS) is 17.9. The summed E-state index contributed by atoms with van der Waals surface area (Å²) >= 11 is 9.53. The number of allylic oxidation sites excluding steroid dienone is 1. The monoisotopic (exact) mass is 493 g/mol. The molecule has 1 unspecified atom stereocenters. The van der Waals surface area contributed by atoms with Crippen LogP contribution in [0.5, 0.6) is 0 Å². The molecule has 0 saturated heterocycles. The molecular weight excluding hydrogens is 474 g/mol. The Hall–Kier alpha value is -2.89. The molecule has 0 bridgehead atoms. The van der Waals surface area contributed by atoms with Crippen molar-refractivity contribution in [1.82, 2.24) is 5.01 Å². The first kappa shape index (κ1) is 21.3. The minimum atomic E-state index is -0.506. The maximum atomic E-state index is 13.1. The van der Waals surface area contributed by atoms with Crippen LogP contribution in [0, 0.1) is 0 Å². The molecule has 0 aliphatic carbocycles. The van der Waals surface area contributed by atoms with E-state index in [0.29, 0.717) is 23.7 Å². The van der Waals surface area contributed by atoms with Crippen LogP contribution in [0.15, 0.2) is 101 Å². The number of amides is 2. The Morgan fingerprint density at radius 2 is 1.77 bits per heavy atom. The number of urea groups is 1. The molecule has 1 aliphatic heterocycles. The maximum absolute atomic E-state index is 13.1. The highest BCUT2D eigenvalue weighted by Gasteiger charge is 2.45. The van der Waals surface area contributed by atoms with Gasteiger partial charge in [0.2, 0.25) is 0 Å². The molecule has 0 spiro atoms. The molecule has 3 aromatic rings. The van der Waals surface area contributed by atoms with E-state index in [9.17, 15) is 4.79 Å². The van der Waals surface area contributed by atoms with E-state index in [1.165, 1.54) is 5.01 Å². The zero-order valence-corrected chi connectivity index (χ0v) is 19.1. The molecule has 1 N–H and O–H groups in total. The molecule has 6 heteroatoms. The van der Waals surface area contributed by atoms with E-state index in [1.54, 1.807) is 0 Å². The Morgan fingerprint density at radius 1 is 1.10 bits per heavy atom. The van der Waals surface area contributed by atoms with E-state index in [-0.39, 0.29) is 6.03 Å². The summed E-state index contributed by atoms with van der Waals surface area (Å²) in [6, 6.07) is 24.9. The van der Waals surface area contributed by atoms with Crippen LogP contribution in [-0.4, -0.2) is 23.3 Å². The summed E-state index contributed by atoms with van der Waals surface area (Å²) in [5, 5.41) is 9.88. The second kappa shape index (κ2) is 9.08. The minimum absolute atomic E-state index is 0.282. The number of rotatable bonds is 5. The van der Waals surface area contributed by atoms with Gasteiger partial charge in [0, 0.05) is 15.2 Å². The zero-order valence-electron chi connectivity index (χ0n) is 16.8. The van der Waals surface area contributed by atoms with Crippen molar-refractivity contribution in [2.24, 2.45) is 5.10 Å². The number of nitrogens with zero attached hydrogens (tertiary/aromatic N) is 2. The van der Waals surface area contributed by atoms with Crippen LogP contribution >= 0.6 is 27.5 Å². The third-order valence-corrected chi connectivity index (χ3v) is 6.14. The highest BCUT2D eigenvalue weighted by atomic mass is 79.9. The number of hydrogen-bond acceptors (Lipinski definition) is 2. The number of carbonyl (C=O) groups is 1. The smallest absolute Gasteiger partial charge is 0.306 e. The Bertz CT molecular complexity index is 1110. The second-order valence-corrected chi connectivity index (χ2v) is 8.74. The average molecular weight is 495 g/mol. The van der Waals surface area contributed by atoms with E-state index in [0.717, 1.165) is 21.3 Å². The molecule has 3 aromatic carbocycles. The number of carbonyl (C=O) groups excluding carboxylic acids is 1. The molecule has 31 heavy (non-hydrogen) atoms. The average Bonchev–Trinajstić information content (AvgIpc) is 3.17. The Kier molecular flexibility index (Phi) is 6.25. The second-order valence-electron chi connectivity index (χ2n) is 7.39. The Morgan fingerprint density at radius 3 is 2.42 bits per heavy atom. The van der Waals surface area contributed by atoms with Crippen molar-refractivity contribution >= 4 is 45.0 Å². The van der Waals surface area contributed by atoms with Gasteiger partial charge in [0.15, 0.2) is 0 Å². The Balaban J connectivity index is 1.74. The topological polar surface area (TPSA) is 44.7 Å². The summed E-state index contributed by atoms with van der Waals surface area (Å²) in [6.45, 7) is 4.39. The van der Waals surface area contributed by atoms with Crippen molar-refractivity contribution in [3.05, 3.63) is 112 Å². The lowest BCUT2D eigenvalue weighted by Crippen LogP contribution is -2.41. The first-order valence-electron chi connectivity index (χ1n) is 9.87. The lowest BCUT2D eigenvalue weighted by Gasteiger charge is -2.30. The summed E-state index contributed by atoms with van der Waals surface area (Å²) in [7, 11) is 0. The van der Waals surface area contributed by atoms with Crippen LogP contribution in [0.3, 0.4) is 0 Å². The van der Waals surface area contributed by atoms with Gasteiger partial charge in [-0.3, -0.25) is 0 Å². The molecule has 4 rings (SSSR count). The number of benzene rings is 3. The first-order valence-corrected chi connectivity index (χ1v) is 11.0. The summed E-state index contributed by atoms with van der Waals surface area (Å²) < 4.78 is 0.948. The predicted molar refractivity (Wildman–Crippen MR) is 131 cm³/mol. The van der Waals surface area contributed by atoms with Gasteiger partial charge >= 0.3 is 6.03 Å². The summed E-state index contributed by atoms with van der Waals surface area (Å²) in [4.78, 5) is 13.1. The molecule has 1 heterocycles. The van der Waals surface area contributed by atoms with Crippen molar-refractivity contribution in [3.8, 4) is 0 Å². The summed E-state index contributed by atoms with van der Waals surface area (Å²) in [5.74, 6) is 0. The van der Waals surface area contributed by atoms with Gasteiger partial charge < -0.3 is 5.32 Å². The van der Waals surface area contributed by atoms with Gasteiger partial charge in [-0.15, -0.1) is 6.58 Å². The van der Waals surface area contributed by atoms with Crippen molar-refractivity contribution in [1.29, 1.82) is 0 Å². The molecule has 2 amide bonds. The molecule has 1 atom stereocenters. The third kappa shape index (κ3) is 4.43. The number of nitrogens with one attached hydrogen (secondary N) is 1. The molecule has 0 saturated carbocycles. The molecular formula is C25H21BrClN3O. The van der Waals surface area contributed by atoms with Gasteiger partial charge in [0.05, 0.1) is 17.7 Å². The highest BCUT2D eigenvalue weighted by Crippen LogP contribution is 2.39. The van der Waals surface area contributed by atoms with E-state index >= 15 is 0 Å². The number of anilines is 1. The van der Waals surface area contributed by atoms with Crippen LogP contribution in [0.25, 0.3) is 0 Å². The zero-order chi connectivity index (χ0) is 21.8. The minimum Gasteiger partial charge on any atom is -0.306 e. The lowest BCUT2D eigenvalue weighted by molar-refractivity contribution is 0.213. The third-order valence-electron chi connectivity index (χ3n) is 5.36. The predicted octanol–water partition coefficient (Wildman–Crippen LogP) is 6.87. The fourth-order valence-corrected chi connectivity index (χ4v) is 4.26. The molecule has 0 radical (unpaired) electrons. The largest absolute Gasteiger partial charge is 0.342 e. The summed E-state index contributed by atoms with van der Waals surface area (Å²) in [5.41, 5.74) is 3.03. The standard InChI is InChI=1S/C25H21BrClN3O/c1-2-16-25(19-6-4-3-5-7-19)17-30(24(31)28-22-14-10-20(26)11-15-22)29-23(25)18-8-12-21(27)13-9-18/h2-15H,1,16-17H2,(H,28,31).